The van der Waals surface area contributed by atoms with Gasteiger partial charge in [0.25, 0.3) is 5.91 Å². The van der Waals surface area contributed by atoms with Crippen LogP contribution in [0.3, 0.4) is 0 Å². The fraction of sp³-hybridized carbons (Fsp3) is 0.500. The first kappa shape index (κ1) is 11.1. The summed E-state index contributed by atoms with van der Waals surface area (Å²) in [6, 6.07) is 1.87. The predicted octanol–water partition coefficient (Wildman–Crippen LogP) is 2.01. The molecule has 0 aromatic carbocycles. The maximum absolute atomic E-state index is 11.7. The maximum atomic E-state index is 11.7. The van der Waals surface area contributed by atoms with E-state index in [9.17, 15) is 4.79 Å². The summed E-state index contributed by atoms with van der Waals surface area (Å²) in [6.07, 6.45) is 1.47. The lowest BCUT2D eigenvalue weighted by molar-refractivity contribution is 0.0420. The van der Waals surface area contributed by atoms with Gasteiger partial charge in [-0.25, -0.2) is 0 Å². The molecular weight excluding hydrogens is 278 g/mol. The van der Waals surface area contributed by atoms with Gasteiger partial charge in [0.1, 0.15) is 4.88 Å². The molecule has 1 amide bonds. The fourth-order valence-corrected chi connectivity index (χ4v) is 3.11. The smallest absolute Gasteiger partial charge is 0.262 e. The molecule has 1 aromatic heterocycles. The summed E-state index contributed by atoms with van der Waals surface area (Å²) in [5.41, 5.74) is 0. The number of aliphatic hydroxyl groups is 1. The molecule has 1 fully saturated rings. The summed E-state index contributed by atoms with van der Waals surface area (Å²) < 4.78 is 0.846. The van der Waals surface area contributed by atoms with Crippen molar-refractivity contribution >= 4 is 33.2 Å². The van der Waals surface area contributed by atoms with Crippen LogP contribution in [0.2, 0.25) is 0 Å². The van der Waals surface area contributed by atoms with Crippen LogP contribution in [0.25, 0.3) is 0 Å². The number of thiophene rings is 1. The second kappa shape index (κ2) is 4.63. The lowest BCUT2D eigenvalue weighted by atomic mass is 9.82. The lowest BCUT2D eigenvalue weighted by Crippen LogP contribution is -2.38. The van der Waals surface area contributed by atoms with Gasteiger partial charge in [-0.3, -0.25) is 4.79 Å². The van der Waals surface area contributed by atoms with E-state index >= 15 is 0 Å². The van der Waals surface area contributed by atoms with Gasteiger partial charge in [-0.2, -0.15) is 0 Å². The SMILES string of the molecule is O=C(NCC1CC(O)C1)c1sccc1Br. The van der Waals surface area contributed by atoms with Gasteiger partial charge in [-0.15, -0.1) is 11.3 Å². The number of carbonyl (C=O) groups excluding carboxylic acids is 1. The Balaban J connectivity index is 1.80. The Kier molecular flexibility index (Phi) is 3.43. The van der Waals surface area contributed by atoms with Crippen LogP contribution in [0.1, 0.15) is 22.5 Å². The molecule has 2 rings (SSSR count). The van der Waals surface area contributed by atoms with Crippen LogP contribution in [-0.4, -0.2) is 23.7 Å². The molecule has 0 bridgehead atoms. The van der Waals surface area contributed by atoms with E-state index < -0.39 is 0 Å². The van der Waals surface area contributed by atoms with Crippen LogP contribution < -0.4 is 5.32 Å². The van der Waals surface area contributed by atoms with E-state index in [0.717, 1.165) is 22.2 Å². The van der Waals surface area contributed by atoms with Gasteiger partial charge in [0, 0.05) is 11.0 Å². The minimum atomic E-state index is -0.152. The second-order valence-electron chi connectivity index (χ2n) is 3.80. The highest BCUT2D eigenvalue weighted by Gasteiger charge is 2.27. The van der Waals surface area contributed by atoms with Crippen molar-refractivity contribution in [1.82, 2.24) is 5.32 Å². The number of aliphatic hydroxyl groups excluding tert-OH is 1. The van der Waals surface area contributed by atoms with Gasteiger partial charge in [0.05, 0.1) is 6.10 Å². The zero-order valence-corrected chi connectivity index (χ0v) is 10.5. The Labute approximate surface area is 101 Å². The average molecular weight is 290 g/mol. The number of nitrogens with one attached hydrogen (secondary N) is 1. The molecule has 3 nitrogen and oxygen atoms in total. The normalized spacial score (nSPS) is 24.7. The van der Waals surface area contributed by atoms with E-state index in [1.165, 1.54) is 11.3 Å². The Hall–Kier alpha value is -0.390. The first-order valence-electron chi connectivity index (χ1n) is 4.86. The molecule has 0 saturated heterocycles. The largest absolute Gasteiger partial charge is 0.393 e. The van der Waals surface area contributed by atoms with Crippen molar-refractivity contribution in [3.63, 3.8) is 0 Å². The number of halogens is 1. The minimum absolute atomic E-state index is 0.0294. The van der Waals surface area contributed by atoms with Crippen LogP contribution in [0.5, 0.6) is 0 Å². The molecule has 5 heteroatoms. The van der Waals surface area contributed by atoms with Crippen molar-refractivity contribution in [2.45, 2.75) is 18.9 Å². The summed E-state index contributed by atoms with van der Waals surface area (Å²) in [7, 11) is 0. The second-order valence-corrected chi connectivity index (χ2v) is 5.57. The van der Waals surface area contributed by atoms with Crippen LogP contribution in [0.15, 0.2) is 15.9 Å². The van der Waals surface area contributed by atoms with Crippen LogP contribution in [0.4, 0.5) is 0 Å². The summed E-state index contributed by atoms with van der Waals surface area (Å²) in [6.45, 7) is 0.667. The van der Waals surface area contributed by atoms with Crippen LogP contribution >= 0.6 is 27.3 Å². The van der Waals surface area contributed by atoms with E-state index in [2.05, 4.69) is 21.2 Å². The van der Waals surface area contributed by atoms with Crippen molar-refractivity contribution < 1.29 is 9.90 Å². The number of amides is 1. The summed E-state index contributed by atoms with van der Waals surface area (Å²) in [5, 5.41) is 13.9. The summed E-state index contributed by atoms with van der Waals surface area (Å²) >= 11 is 4.75. The number of rotatable bonds is 3. The Morgan fingerprint density at radius 1 is 1.67 bits per heavy atom. The molecule has 0 aliphatic heterocycles. The molecule has 0 spiro atoms. The van der Waals surface area contributed by atoms with Crippen molar-refractivity contribution in [1.29, 1.82) is 0 Å². The molecule has 0 unspecified atom stereocenters. The summed E-state index contributed by atoms with van der Waals surface area (Å²) in [5.74, 6) is 0.418. The highest BCUT2D eigenvalue weighted by Crippen LogP contribution is 2.27. The van der Waals surface area contributed by atoms with Gasteiger partial charge < -0.3 is 10.4 Å². The van der Waals surface area contributed by atoms with Crippen LogP contribution in [0, 0.1) is 5.92 Å². The van der Waals surface area contributed by atoms with Gasteiger partial charge in [-0.1, -0.05) is 0 Å². The zero-order chi connectivity index (χ0) is 10.8. The number of carbonyl (C=O) groups is 1. The average Bonchev–Trinajstić information content (AvgIpc) is 2.57. The third kappa shape index (κ3) is 2.59. The molecule has 0 atom stereocenters. The van der Waals surface area contributed by atoms with Crippen molar-refractivity contribution in [3.8, 4) is 0 Å². The minimum Gasteiger partial charge on any atom is -0.393 e. The fourth-order valence-electron chi connectivity index (χ4n) is 1.64. The van der Waals surface area contributed by atoms with E-state index in [-0.39, 0.29) is 12.0 Å². The first-order valence-corrected chi connectivity index (χ1v) is 6.53. The molecule has 1 heterocycles. The quantitative estimate of drug-likeness (QED) is 0.894. The van der Waals surface area contributed by atoms with E-state index in [0.29, 0.717) is 12.5 Å². The van der Waals surface area contributed by atoms with E-state index in [1.807, 2.05) is 11.4 Å². The Morgan fingerprint density at radius 2 is 2.40 bits per heavy atom. The molecular formula is C10H12BrNO2S. The standard InChI is InChI=1S/C10H12BrNO2S/c11-8-1-2-15-9(8)10(14)12-5-6-3-7(13)4-6/h1-2,6-7,13H,3-5H2,(H,12,14). The Bertz CT molecular complexity index is 360. The molecule has 2 N–H and O–H groups in total. The van der Waals surface area contributed by atoms with Gasteiger partial charge in [0.2, 0.25) is 0 Å². The molecule has 0 radical (unpaired) electrons. The maximum Gasteiger partial charge on any atom is 0.262 e. The first-order chi connectivity index (χ1) is 7.16. The highest BCUT2D eigenvalue weighted by molar-refractivity contribution is 9.10. The monoisotopic (exact) mass is 289 g/mol. The molecule has 1 aliphatic carbocycles. The molecule has 15 heavy (non-hydrogen) atoms. The zero-order valence-electron chi connectivity index (χ0n) is 8.07. The lowest BCUT2D eigenvalue weighted by Gasteiger charge is -2.31. The third-order valence-corrected chi connectivity index (χ3v) is 4.42. The summed E-state index contributed by atoms with van der Waals surface area (Å²) in [4.78, 5) is 12.4. The van der Waals surface area contributed by atoms with Crippen LogP contribution in [-0.2, 0) is 0 Å². The van der Waals surface area contributed by atoms with Crippen molar-refractivity contribution in [2.24, 2.45) is 5.92 Å². The van der Waals surface area contributed by atoms with E-state index in [1.54, 1.807) is 0 Å². The van der Waals surface area contributed by atoms with Crippen molar-refractivity contribution in [3.05, 3.63) is 20.8 Å². The number of hydrogen-bond donors (Lipinski definition) is 2. The van der Waals surface area contributed by atoms with Gasteiger partial charge >= 0.3 is 0 Å². The molecule has 1 aliphatic rings. The molecule has 82 valence electrons. The Morgan fingerprint density at radius 3 is 2.93 bits per heavy atom. The highest BCUT2D eigenvalue weighted by atomic mass is 79.9. The topological polar surface area (TPSA) is 49.3 Å². The molecule has 1 saturated carbocycles. The third-order valence-electron chi connectivity index (χ3n) is 2.59. The van der Waals surface area contributed by atoms with Gasteiger partial charge in [0.15, 0.2) is 0 Å². The number of hydrogen-bond acceptors (Lipinski definition) is 3. The predicted molar refractivity (Wildman–Crippen MR) is 63.1 cm³/mol. The molecule has 1 aromatic rings. The van der Waals surface area contributed by atoms with E-state index in [4.69, 9.17) is 5.11 Å². The van der Waals surface area contributed by atoms with Crippen molar-refractivity contribution in [2.75, 3.05) is 6.54 Å². The van der Waals surface area contributed by atoms with Gasteiger partial charge in [-0.05, 0) is 46.1 Å².